The maximum absolute atomic E-state index is 11.1. The zero-order valence-corrected chi connectivity index (χ0v) is 10.1. The van der Waals surface area contributed by atoms with Crippen LogP contribution in [0.4, 0.5) is 0 Å². The number of aromatic nitrogens is 2. The van der Waals surface area contributed by atoms with Crippen molar-refractivity contribution in [2.24, 2.45) is 0 Å². The first-order chi connectivity index (χ1) is 7.77. The number of imidazole rings is 1. The third-order valence-electron chi connectivity index (χ3n) is 2.35. The quantitative estimate of drug-likeness (QED) is 0.667. The van der Waals surface area contributed by atoms with Gasteiger partial charge in [0, 0.05) is 31.8 Å². The van der Waals surface area contributed by atoms with Crippen molar-refractivity contribution in [2.45, 2.75) is 46.1 Å². The molecule has 1 aromatic rings. The van der Waals surface area contributed by atoms with Gasteiger partial charge in [-0.3, -0.25) is 4.79 Å². The van der Waals surface area contributed by atoms with E-state index in [1.54, 1.807) is 0 Å². The molecule has 0 saturated heterocycles. The molecule has 16 heavy (non-hydrogen) atoms. The van der Waals surface area contributed by atoms with Crippen molar-refractivity contribution < 1.29 is 9.53 Å². The molecule has 1 aromatic heterocycles. The van der Waals surface area contributed by atoms with Gasteiger partial charge < -0.3 is 9.30 Å². The van der Waals surface area contributed by atoms with Crippen LogP contribution in [-0.2, 0) is 22.5 Å². The lowest BCUT2D eigenvalue weighted by atomic mass is 10.2. The van der Waals surface area contributed by atoms with E-state index in [9.17, 15) is 4.79 Å². The number of hydrogen-bond acceptors (Lipinski definition) is 3. The Hall–Kier alpha value is -1.32. The van der Waals surface area contributed by atoms with Crippen LogP contribution in [0.1, 0.15) is 38.9 Å². The van der Waals surface area contributed by atoms with E-state index in [-0.39, 0.29) is 5.97 Å². The average molecular weight is 224 g/mol. The zero-order valence-electron chi connectivity index (χ0n) is 10.1. The summed E-state index contributed by atoms with van der Waals surface area (Å²) in [5, 5.41) is 0. The van der Waals surface area contributed by atoms with Crippen molar-refractivity contribution in [3.05, 3.63) is 18.2 Å². The third-order valence-corrected chi connectivity index (χ3v) is 2.35. The molecule has 0 radical (unpaired) electrons. The normalized spacial score (nSPS) is 10.4. The monoisotopic (exact) mass is 224 g/mol. The average Bonchev–Trinajstić information content (AvgIpc) is 2.67. The first-order valence-corrected chi connectivity index (χ1v) is 5.93. The van der Waals surface area contributed by atoms with Crippen LogP contribution in [0.25, 0.3) is 0 Å². The van der Waals surface area contributed by atoms with E-state index < -0.39 is 0 Å². The molecule has 0 fully saturated rings. The number of ether oxygens (including phenoxy) is 1. The van der Waals surface area contributed by atoms with Gasteiger partial charge >= 0.3 is 5.97 Å². The molecule has 0 amide bonds. The molecule has 4 heteroatoms. The minimum absolute atomic E-state index is 0.115. The van der Waals surface area contributed by atoms with Gasteiger partial charge in [0.2, 0.25) is 0 Å². The van der Waals surface area contributed by atoms with Crippen LogP contribution < -0.4 is 0 Å². The fourth-order valence-electron chi connectivity index (χ4n) is 1.64. The summed E-state index contributed by atoms with van der Waals surface area (Å²) in [4.78, 5) is 15.4. The van der Waals surface area contributed by atoms with Crippen LogP contribution >= 0.6 is 0 Å². The largest absolute Gasteiger partial charge is 0.466 e. The van der Waals surface area contributed by atoms with Crippen molar-refractivity contribution in [2.75, 3.05) is 6.61 Å². The summed E-state index contributed by atoms with van der Waals surface area (Å²) in [5.41, 5.74) is 0. The molecule has 0 aliphatic heterocycles. The van der Waals surface area contributed by atoms with Gasteiger partial charge in [0.05, 0.1) is 6.61 Å². The Balaban J connectivity index is 2.31. The number of nitrogens with zero attached hydrogens (tertiary/aromatic N) is 2. The lowest BCUT2D eigenvalue weighted by Crippen LogP contribution is -2.06. The zero-order chi connectivity index (χ0) is 11.8. The smallest absolute Gasteiger partial charge is 0.305 e. The molecule has 0 aliphatic carbocycles. The SMILES string of the molecule is CCCn1ccnc1CCCC(=O)OCC. The Kier molecular flexibility index (Phi) is 5.61. The minimum atomic E-state index is -0.115. The number of hydrogen-bond donors (Lipinski definition) is 0. The Labute approximate surface area is 96.6 Å². The Morgan fingerprint density at radius 1 is 1.50 bits per heavy atom. The van der Waals surface area contributed by atoms with Crippen molar-refractivity contribution >= 4 is 5.97 Å². The summed E-state index contributed by atoms with van der Waals surface area (Å²) in [5.74, 6) is 0.947. The molecule has 0 N–H and O–H groups in total. The van der Waals surface area contributed by atoms with E-state index in [0.717, 1.165) is 31.6 Å². The second kappa shape index (κ2) is 7.04. The number of rotatable bonds is 7. The highest BCUT2D eigenvalue weighted by atomic mass is 16.5. The van der Waals surface area contributed by atoms with E-state index in [2.05, 4.69) is 16.5 Å². The fraction of sp³-hybridized carbons (Fsp3) is 0.667. The van der Waals surface area contributed by atoms with Crippen LogP contribution in [0, 0.1) is 0 Å². The van der Waals surface area contributed by atoms with Crippen LogP contribution in [0.2, 0.25) is 0 Å². The second-order valence-electron chi connectivity index (χ2n) is 3.70. The molecular formula is C12H20N2O2. The fourth-order valence-corrected chi connectivity index (χ4v) is 1.64. The number of esters is 1. The summed E-state index contributed by atoms with van der Waals surface area (Å²) in [6, 6.07) is 0. The standard InChI is InChI=1S/C12H20N2O2/c1-3-9-14-10-8-13-11(14)6-5-7-12(15)16-4-2/h8,10H,3-7,9H2,1-2H3. The maximum atomic E-state index is 11.1. The van der Waals surface area contributed by atoms with Gasteiger partial charge in [-0.2, -0.15) is 0 Å². The van der Waals surface area contributed by atoms with Gasteiger partial charge in [0.15, 0.2) is 0 Å². The van der Waals surface area contributed by atoms with E-state index in [1.807, 2.05) is 19.3 Å². The molecule has 4 nitrogen and oxygen atoms in total. The van der Waals surface area contributed by atoms with E-state index in [4.69, 9.17) is 4.74 Å². The first kappa shape index (κ1) is 12.7. The summed E-state index contributed by atoms with van der Waals surface area (Å²) in [6.07, 6.45) is 7.03. The Morgan fingerprint density at radius 3 is 3.00 bits per heavy atom. The molecule has 1 rings (SSSR count). The minimum Gasteiger partial charge on any atom is -0.466 e. The topological polar surface area (TPSA) is 44.1 Å². The van der Waals surface area contributed by atoms with Crippen molar-refractivity contribution in [1.29, 1.82) is 0 Å². The summed E-state index contributed by atoms with van der Waals surface area (Å²) < 4.78 is 7.02. The van der Waals surface area contributed by atoms with Crippen LogP contribution in [0.5, 0.6) is 0 Å². The van der Waals surface area contributed by atoms with E-state index in [0.29, 0.717) is 13.0 Å². The summed E-state index contributed by atoms with van der Waals surface area (Å²) in [6.45, 7) is 5.42. The molecule has 0 unspecified atom stereocenters. The van der Waals surface area contributed by atoms with Gasteiger partial charge in [-0.05, 0) is 19.8 Å². The van der Waals surface area contributed by atoms with Crippen molar-refractivity contribution in [1.82, 2.24) is 9.55 Å². The number of aryl methyl sites for hydroxylation is 2. The lowest BCUT2D eigenvalue weighted by Gasteiger charge is -2.05. The predicted molar refractivity (Wildman–Crippen MR) is 62.1 cm³/mol. The number of carbonyl (C=O) groups excluding carboxylic acids is 1. The van der Waals surface area contributed by atoms with Crippen LogP contribution in [0.15, 0.2) is 12.4 Å². The van der Waals surface area contributed by atoms with Gasteiger partial charge in [0.1, 0.15) is 5.82 Å². The Morgan fingerprint density at radius 2 is 2.31 bits per heavy atom. The highest BCUT2D eigenvalue weighted by molar-refractivity contribution is 5.69. The third kappa shape index (κ3) is 4.04. The molecule has 0 saturated carbocycles. The molecule has 0 spiro atoms. The van der Waals surface area contributed by atoms with Gasteiger partial charge in [-0.25, -0.2) is 4.98 Å². The van der Waals surface area contributed by atoms with Gasteiger partial charge in [0.25, 0.3) is 0 Å². The van der Waals surface area contributed by atoms with Crippen LogP contribution in [-0.4, -0.2) is 22.1 Å². The highest BCUT2D eigenvalue weighted by Crippen LogP contribution is 2.05. The first-order valence-electron chi connectivity index (χ1n) is 5.93. The van der Waals surface area contributed by atoms with Gasteiger partial charge in [-0.15, -0.1) is 0 Å². The van der Waals surface area contributed by atoms with Crippen LogP contribution in [0.3, 0.4) is 0 Å². The number of carbonyl (C=O) groups is 1. The van der Waals surface area contributed by atoms with E-state index in [1.165, 1.54) is 0 Å². The molecule has 0 aliphatic rings. The highest BCUT2D eigenvalue weighted by Gasteiger charge is 2.05. The Bertz CT molecular complexity index is 321. The molecule has 0 atom stereocenters. The molecule has 0 bridgehead atoms. The van der Waals surface area contributed by atoms with Crippen molar-refractivity contribution in [3.8, 4) is 0 Å². The molecular weight excluding hydrogens is 204 g/mol. The summed E-state index contributed by atoms with van der Waals surface area (Å²) >= 11 is 0. The van der Waals surface area contributed by atoms with Crippen molar-refractivity contribution in [3.63, 3.8) is 0 Å². The molecule has 0 aromatic carbocycles. The summed E-state index contributed by atoms with van der Waals surface area (Å²) in [7, 11) is 0. The van der Waals surface area contributed by atoms with E-state index >= 15 is 0 Å². The van der Waals surface area contributed by atoms with Gasteiger partial charge in [-0.1, -0.05) is 6.92 Å². The second-order valence-corrected chi connectivity index (χ2v) is 3.70. The molecule has 1 heterocycles. The molecule has 90 valence electrons. The maximum Gasteiger partial charge on any atom is 0.305 e. The predicted octanol–water partition coefficient (Wildman–Crippen LogP) is 2.18. The lowest BCUT2D eigenvalue weighted by molar-refractivity contribution is -0.143.